The smallest absolute Gasteiger partial charge is 0.325 e. The van der Waals surface area contributed by atoms with E-state index in [9.17, 15) is 9.59 Å². The van der Waals surface area contributed by atoms with Crippen molar-refractivity contribution >= 4 is 11.9 Å². The Morgan fingerprint density at radius 1 is 1.45 bits per heavy atom. The molecule has 6 nitrogen and oxygen atoms in total. The van der Waals surface area contributed by atoms with E-state index < -0.39 is 5.54 Å². The van der Waals surface area contributed by atoms with Crippen LogP contribution >= 0.6 is 0 Å². The summed E-state index contributed by atoms with van der Waals surface area (Å²) in [5, 5.41) is 6.55. The zero-order chi connectivity index (χ0) is 14.9. The number of hydrogen-bond donors (Lipinski definition) is 1. The number of carbonyl (C=O) groups is 2. The molecule has 0 saturated carbocycles. The lowest BCUT2D eigenvalue weighted by molar-refractivity contribution is -0.131. The second-order valence-electron chi connectivity index (χ2n) is 6.02. The molecule has 1 saturated heterocycles. The van der Waals surface area contributed by atoms with Crippen molar-refractivity contribution in [1.29, 1.82) is 0 Å². The summed E-state index contributed by atoms with van der Waals surface area (Å²) in [4.78, 5) is 25.6. The van der Waals surface area contributed by atoms with Gasteiger partial charge in [-0.15, -0.1) is 0 Å². The van der Waals surface area contributed by atoms with Crippen molar-refractivity contribution in [3.8, 4) is 0 Å². The van der Waals surface area contributed by atoms with Gasteiger partial charge in [0.1, 0.15) is 5.54 Å². The monoisotopic (exact) mass is 279 g/mol. The molecule has 6 heteroatoms. The molecule has 110 valence electrons. The first-order chi connectivity index (χ1) is 9.32. The van der Waals surface area contributed by atoms with Gasteiger partial charge in [-0.05, 0) is 32.6 Å². The number of aromatic nitrogens is 1. The lowest BCUT2D eigenvalue weighted by Crippen LogP contribution is -2.44. The van der Waals surface area contributed by atoms with Gasteiger partial charge in [-0.1, -0.05) is 19.0 Å². The molecule has 1 N–H and O–H groups in total. The van der Waals surface area contributed by atoms with Crippen molar-refractivity contribution < 1.29 is 14.1 Å². The largest absolute Gasteiger partial charge is 0.359 e. The fraction of sp³-hybridized carbons (Fsp3) is 0.643. The third-order valence-electron chi connectivity index (χ3n) is 3.56. The minimum atomic E-state index is -0.809. The molecule has 1 atom stereocenters. The minimum Gasteiger partial charge on any atom is -0.359 e. The summed E-state index contributed by atoms with van der Waals surface area (Å²) in [6.07, 6.45) is 1.53. The zero-order valence-electron chi connectivity index (χ0n) is 12.4. The molecule has 3 amide bonds. The molecule has 0 bridgehead atoms. The van der Waals surface area contributed by atoms with Gasteiger partial charge in [-0.25, -0.2) is 4.79 Å². The van der Waals surface area contributed by atoms with Crippen LogP contribution in [0.2, 0.25) is 0 Å². The number of amides is 3. The van der Waals surface area contributed by atoms with Gasteiger partial charge in [0, 0.05) is 6.07 Å². The van der Waals surface area contributed by atoms with Crippen molar-refractivity contribution in [2.75, 3.05) is 0 Å². The summed E-state index contributed by atoms with van der Waals surface area (Å²) >= 11 is 0. The van der Waals surface area contributed by atoms with Crippen LogP contribution in [0.3, 0.4) is 0 Å². The Kier molecular flexibility index (Phi) is 3.83. The van der Waals surface area contributed by atoms with Crippen LogP contribution < -0.4 is 5.32 Å². The molecule has 0 aliphatic carbocycles. The summed E-state index contributed by atoms with van der Waals surface area (Å²) in [5.74, 6) is 0.804. The first kappa shape index (κ1) is 14.6. The highest BCUT2D eigenvalue weighted by atomic mass is 16.5. The van der Waals surface area contributed by atoms with E-state index in [1.165, 1.54) is 4.90 Å². The van der Waals surface area contributed by atoms with Crippen LogP contribution in [0.4, 0.5) is 4.79 Å². The Bertz CT molecular complexity index is 523. The number of rotatable bonds is 5. The van der Waals surface area contributed by atoms with Gasteiger partial charge in [0.05, 0.1) is 12.2 Å². The van der Waals surface area contributed by atoms with Gasteiger partial charge < -0.3 is 9.84 Å². The number of aryl methyl sites for hydroxylation is 1. The third-order valence-corrected chi connectivity index (χ3v) is 3.56. The highest BCUT2D eigenvalue weighted by Gasteiger charge is 2.47. The highest BCUT2D eigenvalue weighted by molar-refractivity contribution is 6.06. The van der Waals surface area contributed by atoms with Crippen LogP contribution in [0.25, 0.3) is 0 Å². The Morgan fingerprint density at radius 2 is 2.15 bits per heavy atom. The topological polar surface area (TPSA) is 75.4 Å². The molecule has 1 aromatic heterocycles. The molecule has 2 heterocycles. The molecular weight excluding hydrogens is 258 g/mol. The molecule has 1 aliphatic rings. The van der Waals surface area contributed by atoms with Gasteiger partial charge in [-0.2, -0.15) is 0 Å². The number of imide groups is 1. The predicted octanol–water partition coefficient (Wildman–Crippen LogP) is 2.23. The summed E-state index contributed by atoms with van der Waals surface area (Å²) in [7, 11) is 0. The summed E-state index contributed by atoms with van der Waals surface area (Å²) < 4.78 is 5.07. The molecule has 1 aliphatic heterocycles. The average Bonchev–Trinajstić information content (AvgIpc) is 2.85. The maximum absolute atomic E-state index is 12.4. The van der Waals surface area contributed by atoms with Crippen LogP contribution in [0, 0.1) is 12.8 Å². The summed E-state index contributed by atoms with van der Waals surface area (Å²) in [5.41, 5.74) is -0.0780. The van der Waals surface area contributed by atoms with E-state index in [2.05, 4.69) is 24.3 Å². The molecule has 2 rings (SSSR count). The Hall–Kier alpha value is -1.85. The molecule has 20 heavy (non-hydrogen) atoms. The van der Waals surface area contributed by atoms with E-state index in [-0.39, 0.29) is 18.5 Å². The Balaban J connectivity index is 2.08. The first-order valence-corrected chi connectivity index (χ1v) is 6.88. The molecule has 0 aromatic carbocycles. The quantitative estimate of drug-likeness (QED) is 0.839. The van der Waals surface area contributed by atoms with Crippen LogP contribution in [0.5, 0.6) is 0 Å². The van der Waals surface area contributed by atoms with Gasteiger partial charge in [0.25, 0.3) is 5.91 Å². The van der Waals surface area contributed by atoms with Gasteiger partial charge in [0.2, 0.25) is 0 Å². The standard InChI is InChI=1S/C14H21N3O3/c1-9(2)5-6-14(4)12(18)17(13(19)15-14)8-11-7-10(3)16-20-11/h7,9H,5-6,8H2,1-4H3,(H,15,19)/t14-/m1/s1. The van der Waals surface area contributed by atoms with E-state index in [4.69, 9.17) is 4.52 Å². The van der Waals surface area contributed by atoms with Crippen LogP contribution in [-0.4, -0.2) is 27.5 Å². The van der Waals surface area contributed by atoms with Crippen molar-refractivity contribution in [3.05, 3.63) is 17.5 Å². The van der Waals surface area contributed by atoms with Gasteiger partial charge >= 0.3 is 6.03 Å². The van der Waals surface area contributed by atoms with Crippen molar-refractivity contribution in [3.63, 3.8) is 0 Å². The Morgan fingerprint density at radius 3 is 2.70 bits per heavy atom. The molecule has 1 aromatic rings. The second-order valence-corrected chi connectivity index (χ2v) is 6.02. The summed E-state index contributed by atoms with van der Waals surface area (Å²) in [6, 6.07) is 1.36. The van der Waals surface area contributed by atoms with Crippen molar-refractivity contribution in [2.45, 2.75) is 52.6 Å². The zero-order valence-corrected chi connectivity index (χ0v) is 12.4. The van der Waals surface area contributed by atoms with Gasteiger partial charge in [0.15, 0.2) is 5.76 Å². The van der Waals surface area contributed by atoms with Crippen LogP contribution in [-0.2, 0) is 11.3 Å². The number of urea groups is 1. The molecule has 0 unspecified atom stereocenters. The van der Waals surface area contributed by atoms with Crippen LogP contribution in [0.15, 0.2) is 10.6 Å². The normalized spacial score (nSPS) is 22.8. The first-order valence-electron chi connectivity index (χ1n) is 6.88. The molecular formula is C14H21N3O3. The van der Waals surface area contributed by atoms with E-state index >= 15 is 0 Å². The highest BCUT2D eigenvalue weighted by Crippen LogP contribution is 2.26. The Labute approximate surface area is 118 Å². The number of carbonyl (C=O) groups excluding carboxylic acids is 2. The van der Waals surface area contributed by atoms with Gasteiger partial charge in [-0.3, -0.25) is 9.69 Å². The second kappa shape index (κ2) is 5.26. The van der Waals surface area contributed by atoms with Crippen LogP contribution in [0.1, 0.15) is 45.1 Å². The van der Waals surface area contributed by atoms with E-state index in [1.54, 1.807) is 19.9 Å². The van der Waals surface area contributed by atoms with E-state index in [0.717, 1.165) is 12.1 Å². The van der Waals surface area contributed by atoms with E-state index in [1.807, 2.05) is 0 Å². The molecule has 0 radical (unpaired) electrons. The molecule has 0 spiro atoms. The SMILES string of the molecule is Cc1cc(CN2C(=O)N[C@](C)(CCC(C)C)C2=O)on1. The van der Waals surface area contributed by atoms with Crippen molar-refractivity contribution in [2.24, 2.45) is 5.92 Å². The van der Waals surface area contributed by atoms with Crippen molar-refractivity contribution in [1.82, 2.24) is 15.4 Å². The maximum Gasteiger partial charge on any atom is 0.325 e. The summed E-state index contributed by atoms with van der Waals surface area (Å²) in [6.45, 7) is 7.90. The fourth-order valence-electron chi connectivity index (χ4n) is 2.28. The minimum absolute atomic E-state index is 0.128. The predicted molar refractivity (Wildman–Crippen MR) is 72.8 cm³/mol. The molecule has 1 fully saturated rings. The maximum atomic E-state index is 12.4. The lowest BCUT2D eigenvalue weighted by atomic mass is 9.92. The number of nitrogens with one attached hydrogen (secondary N) is 1. The number of nitrogens with zero attached hydrogens (tertiary/aromatic N) is 2. The fourth-order valence-corrected chi connectivity index (χ4v) is 2.28. The lowest BCUT2D eigenvalue weighted by Gasteiger charge is -2.22. The van der Waals surface area contributed by atoms with E-state index in [0.29, 0.717) is 18.1 Å². The average molecular weight is 279 g/mol. The number of hydrogen-bond acceptors (Lipinski definition) is 4. The third kappa shape index (κ3) is 2.84.